The first kappa shape index (κ1) is 13.2. The Hall–Kier alpha value is -1.28. The van der Waals surface area contributed by atoms with Crippen LogP contribution in [0, 0.1) is 5.92 Å². The molecule has 1 aromatic heterocycles. The quantitative estimate of drug-likeness (QED) is 0.787. The summed E-state index contributed by atoms with van der Waals surface area (Å²) in [5.74, 6) is 0.779. The summed E-state index contributed by atoms with van der Waals surface area (Å²) >= 11 is 0. The summed E-state index contributed by atoms with van der Waals surface area (Å²) in [6, 6.07) is 9.34. The molecule has 0 amide bonds. The number of hydrogen-bond donors (Lipinski definition) is 2. The van der Waals surface area contributed by atoms with Gasteiger partial charge >= 0.3 is 0 Å². The van der Waals surface area contributed by atoms with Crippen LogP contribution in [-0.4, -0.2) is 11.0 Å². The van der Waals surface area contributed by atoms with Crippen molar-refractivity contribution in [2.75, 3.05) is 0 Å². The molecule has 2 N–H and O–H groups in total. The van der Waals surface area contributed by atoms with Crippen molar-refractivity contribution in [1.82, 2.24) is 10.3 Å². The van der Waals surface area contributed by atoms with Gasteiger partial charge in [-0.05, 0) is 42.0 Å². The normalized spacial score (nSPS) is 13.3. The standard InChI is InChI=1S/C16H24N2/c1-4-14(5-2)12(3)18-11-13-6-7-16-15(10-13)8-9-17-16/h6-10,12,14,17-18H,4-5,11H2,1-3H3. The van der Waals surface area contributed by atoms with E-state index >= 15 is 0 Å². The van der Waals surface area contributed by atoms with Crippen LogP contribution in [0.3, 0.4) is 0 Å². The largest absolute Gasteiger partial charge is 0.361 e. The van der Waals surface area contributed by atoms with Crippen molar-refractivity contribution in [3.63, 3.8) is 0 Å². The zero-order chi connectivity index (χ0) is 13.0. The highest BCUT2D eigenvalue weighted by molar-refractivity contribution is 5.79. The van der Waals surface area contributed by atoms with E-state index in [0.29, 0.717) is 6.04 Å². The molecule has 0 saturated carbocycles. The zero-order valence-corrected chi connectivity index (χ0v) is 11.7. The summed E-state index contributed by atoms with van der Waals surface area (Å²) < 4.78 is 0. The highest BCUT2D eigenvalue weighted by Crippen LogP contribution is 2.16. The Morgan fingerprint density at radius 2 is 1.94 bits per heavy atom. The third-order valence-corrected chi connectivity index (χ3v) is 4.00. The fourth-order valence-corrected chi connectivity index (χ4v) is 2.65. The number of aromatic nitrogens is 1. The molecule has 98 valence electrons. The summed E-state index contributed by atoms with van der Waals surface area (Å²) in [7, 11) is 0. The van der Waals surface area contributed by atoms with Crippen molar-refractivity contribution >= 4 is 10.9 Å². The Bertz CT molecular complexity index is 483. The van der Waals surface area contributed by atoms with E-state index in [0.717, 1.165) is 12.5 Å². The van der Waals surface area contributed by atoms with E-state index in [9.17, 15) is 0 Å². The zero-order valence-electron chi connectivity index (χ0n) is 11.7. The Kier molecular flexibility index (Phi) is 4.43. The molecule has 0 aliphatic carbocycles. The number of hydrogen-bond acceptors (Lipinski definition) is 1. The van der Waals surface area contributed by atoms with Gasteiger partial charge in [0.25, 0.3) is 0 Å². The van der Waals surface area contributed by atoms with Crippen molar-refractivity contribution < 1.29 is 0 Å². The van der Waals surface area contributed by atoms with Crippen molar-refractivity contribution in [3.05, 3.63) is 36.0 Å². The first-order chi connectivity index (χ1) is 8.74. The Balaban J connectivity index is 1.96. The minimum absolute atomic E-state index is 0.585. The van der Waals surface area contributed by atoms with Crippen LogP contribution in [0.5, 0.6) is 0 Å². The van der Waals surface area contributed by atoms with Crippen molar-refractivity contribution in [2.24, 2.45) is 5.92 Å². The number of fused-ring (bicyclic) bond motifs is 1. The number of aromatic amines is 1. The maximum absolute atomic E-state index is 3.65. The molecular formula is C16H24N2. The Morgan fingerprint density at radius 1 is 1.17 bits per heavy atom. The predicted octanol–water partition coefficient (Wildman–Crippen LogP) is 4.08. The van der Waals surface area contributed by atoms with Gasteiger partial charge in [-0.1, -0.05) is 32.8 Å². The molecule has 2 heteroatoms. The summed E-state index contributed by atoms with van der Waals surface area (Å²) in [4.78, 5) is 3.23. The molecule has 2 rings (SSSR count). The maximum atomic E-state index is 3.65. The second-order valence-electron chi connectivity index (χ2n) is 5.15. The Morgan fingerprint density at radius 3 is 2.67 bits per heavy atom. The van der Waals surface area contributed by atoms with E-state index < -0.39 is 0 Å². The molecule has 0 aliphatic heterocycles. The molecule has 0 bridgehead atoms. The monoisotopic (exact) mass is 244 g/mol. The van der Waals surface area contributed by atoms with Crippen LogP contribution in [0.15, 0.2) is 30.5 Å². The van der Waals surface area contributed by atoms with Gasteiger partial charge in [-0.2, -0.15) is 0 Å². The lowest BCUT2D eigenvalue weighted by Gasteiger charge is -2.22. The summed E-state index contributed by atoms with van der Waals surface area (Å²) in [5, 5.41) is 4.94. The van der Waals surface area contributed by atoms with E-state index in [1.807, 2.05) is 6.20 Å². The fourth-order valence-electron chi connectivity index (χ4n) is 2.65. The first-order valence-corrected chi connectivity index (χ1v) is 7.04. The number of nitrogens with one attached hydrogen (secondary N) is 2. The summed E-state index contributed by atoms with van der Waals surface area (Å²) in [5.41, 5.74) is 2.58. The molecule has 0 aliphatic rings. The molecule has 0 radical (unpaired) electrons. The lowest BCUT2D eigenvalue weighted by atomic mass is 9.95. The summed E-state index contributed by atoms with van der Waals surface area (Å²) in [6.07, 6.45) is 4.50. The SMILES string of the molecule is CCC(CC)C(C)NCc1ccc2[nH]ccc2c1. The van der Waals surface area contributed by atoms with Crippen molar-refractivity contribution in [3.8, 4) is 0 Å². The molecule has 2 nitrogen and oxygen atoms in total. The third kappa shape index (κ3) is 2.94. The van der Waals surface area contributed by atoms with E-state index in [1.165, 1.54) is 29.3 Å². The smallest absolute Gasteiger partial charge is 0.0454 e. The molecule has 0 spiro atoms. The van der Waals surface area contributed by atoms with Crippen LogP contribution in [0.25, 0.3) is 10.9 Å². The van der Waals surface area contributed by atoms with Gasteiger partial charge in [0.05, 0.1) is 0 Å². The number of H-pyrrole nitrogens is 1. The molecule has 18 heavy (non-hydrogen) atoms. The van der Waals surface area contributed by atoms with Crippen LogP contribution in [0.2, 0.25) is 0 Å². The average molecular weight is 244 g/mol. The van der Waals surface area contributed by atoms with Gasteiger partial charge in [0.15, 0.2) is 0 Å². The molecule has 1 unspecified atom stereocenters. The highest BCUT2D eigenvalue weighted by atomic mass is 14.9. The second kappa shape index (κ2) is 6.05. The lowest BCUT2D eigenvalue weighted by molar-refractivity contribution is 0.353. The second-order valence-corrected chi connectivity index (χ2v) is 5.15. The molecule has 0 saturated heterocycles. The van der Waals surface area contributed by atoms with Gasteiger partial charge in [-0.15, -0.1) is 0 Å². The van der Waals surface area contributed by atoms with Gasteiger partial charge in [0.2, 0.25) is 0 Å². The molecule has 1 aromatic carbocycles. The van der Waals surface area contributed by atoms with Gasteiger partial charge in [0, 0.05) is 24.3 Å². The van der Waals surface area contributed by atoms with Crippen molar-refractivity contribution in [2.45, 2.75) is 46.2 Å². The van der Waals surface area contributed by atoms with E-state index in [4.69, 9.17) is 0 Å². The van der Waals surface area contributed by atoms with Crippen LogP contribution in [-0.2, 0) is 6.54 Å². The predicted molar refractivity (Wildman–Crippen MR) is 78.7 cm³/mol. The van der Waals surface area contributed by atoms with Crippen LogP contribution >= 0.6 is 0 Å². The van der Waals surface area contributed by atoms with Crippen LogP contribution < -0.4 is 5.32 Å². The van der Waals surface area contributed by atoms with Crippen LogP contribution in [0.1, 0.15) is 39.2 Å². The average Bonchev–Trinajstić information content (AvgIpc) is 2.85. The van der Waals surface area contributed by atoms with E-state index in [2.05, 4.69) is 55.3 Å². The number of rotatable bonds is 6. The molecule has 2 aromatic rings. The molecule has 0 fully saturated rings. The van der Waals surface area contributed by atoms with Crippen LogP contribution in [0.4, 0.5) is 0 Å². The summed E-state index contributed by atoms with van der Waals surface area (Å²) in [6.45, 7) is 7.81. The van der Waals surface area contributed by atoms with E-state index in [1.54, 1.807) is 0 Å². The van der Waals surface area contributed by atoms with E-state index in [-0.39, 0.29) is 0 Å². The Labute approximate surface area is 110 Å². The number of benzene rings is 1. The molecular weight excluding hydrogens is 220 g/mol. The fraction of sp³-hybridized carbons (Fsp3) is 0.500. The third-order valence-electron chi connectivity index (χ3n) is 4.00. The minimum Gasteiger partial charge on any atom is -0.361 e. The maximum Gasteiger partial charge on any atom is 0.0454 e. The lowest BCUT2D eigenvalue weighted by Crippen LogP contribution is -2.32. The van der Waals surface area contributed by atoms with Gasteiger partial charge in [-0.3, -0.25) is 0 Å². The van der Waals surface area contributed by atoms with Gasteiger partial charge < -0.3 is 10.3 Å². The van der Waals surface area contributed by atoms with Gasteiger partial charge in [-0.25, -0.2) is 0 Å². The molecule has 1 heterocycles. The minimum atomic E-state index is 0.585. The topological polar surface area (TPSA) is 27.8 Å². The van der Waals surface area contributed by atoms with Gasteiger partial charge in [0.1, 0.15) is 0 Å². The van der Waals surface area contributed by atoms with Crippen molar-refractivity contribution in [1.29, 1.82) is 0 Å². The highest BCUT2D eigenvalue weighted by Gasteiger charge is 2.12. The molecule has 1 atom stereocenters. The first-order valence-electron chi connectivity index (χ1n) is 7.04.